The zero-order valence-corrected chi connectivity index (χ0v) is 16.8. The molecular weight excluding hydrogens is 360 g/mol. The Bertz CT molecular complexity index is 825. The van der Waals surface area contributed by atoms with Crippen LogP contribution in [0.1, 0.15) is 39.5 Å². The molecule has 5 nitrogen and oxygen atoms in total. The fourth-order valence-electron chi connectivity index (χ4n) is 3.09. The van der Waals surface area contributed by atoms with Gasteiger partial charge < -0.3 is 10.1 Å². The van der Waals surface area contributed by atoms with Crippen LogP contribution in [0.4, 0.5) is 11.4 Å². The van der Waals surface area contributed by atoms with Crippen molar-refractivity contribution in [1.82, 2.24) is 0 Å². The van der Waals surface area contributed by atoms with E-state index in [1.54, 1.807) is 36.4 Å². The van der Waals surface area contributed by atoms with Crippen LogP contribution < -0.4 is 14.8 Å². The maximum absolute atomic E-state index is 12.6. The summed E-state index contributed by atoms with van der Waals surface area (Å²) < 4.78 is 33.7. The molecule has 27 heavy (non-hydrogen) atoms. The molecule has 6 heteroatoms. The maximum atomic E-state index is 12.6. The highest BCUT2D eigenvalue weighted by Crippen LogP contribution is 2.25. The van der Waals surface area contributed by atoms with E-state index >= 15 is 0 Å². The van der Waals surface area contributed by atoms with Crippen molar-refractivity contribution in [2.75, 3.05) is 16.6 Å². The van der Waals surface area contributed by atoms with Crippen LogP contribution in [0, 0.1) is 5.92 Å². The summed E-state index contributed by atoms with van der Waals surface area (Å²) in [5.41, 5.74) is 1.51. The van der Waals surface area contributed by atoms with Gasteiger partial charge in [-0.2, -0.15) is 0 Å². The van der Waals surface area contributed by atoms with Crippen LogP contribution in [0.5, 0.6) is 5.75 Å². The Morgan fingerprint density at radius 2 is 1.56 bits per heavy atom. The van der Waals surface area contributed by atoms with Crippen molar-refractivity contribution < 1.29 is 13.2 Å². The van der Waals surface area contributed by atoms with Crippen LogP contribution in [0.25, 0.3) is 0 Å². The summed E-state index contributed by atoms with van der Waals surface area (Å²) in [5.74, 6) is 1.27. The van der Waals surface area contributed by atoms with Crippen LogP contribution in [-0.4, -0.2) is 21.1 Å². The molecule has 146 valence electrons. The van der Waals surface area contributed by atoms with Gasteiger partial charge in [-0.3, -0.25) is 4.72 Å². The molecule has 1 aliphatic carbocycles. The topological polar surface area (TPSA) is 67.4 Å². The summed E-state index contributed by atoms with van der Waals surface area (Å²) in [7, 11) is -3.62. The van der Waals surface area contributed by atoms with Crippen LogP contribution in [-0.2, 0) is 10.0 Å². The first-order valence-electron chi connectivity index (χ1n) is 9.56. The molecule has 1 aliphatic rings. The average Bonchev–Trinajstić information content (AvgIpc) is 3.14. The zero-order chi connectivity index (χ0) is 19.3. The van der Waals surface area contributed by atoms with Crippen LogP contribution in [0.3, 0.4) is 0 Å². The number of hydrogen-bond acceptors (Lipinski definition) is 4. The highest BCUT2D eigenvalue weighted by Gasteiger charge is 2.18. The average molecular weight is 389 g/mol. The summed E-state index contributed by atoms with van der Waals surface area (Å²) in [6, 6.07) is 13.9. The molecule has 0 spiro atoms. The minimum absolute atomic E-state index is 0.225. The Balaban J connectivity index is 1.61. The lowest BCUT2D eigenvalue weighted by atomic mass is 10.2. The van der Waals surface area contributed by atoms with Gasteiger partial charge in [0.25, 0.3) is 10.0 Å². The standard InChI is InChI=1S/C21H28N2O3S/c1-16(2)15-22-17-7-9-18(10-8-17)23-27(24,25)21-13-11-20(12-14-21)26-19-5-3-4-6-19/h7-14,16,19,22-23H,3-6,15H2,1-2H3. The van der Waals surface area contributed by atoms with Crippen LogP contribution >= 0.6 is 0 Å². The lowest BCUT2D eigenvalue weighted by Gasteiger charge is -2.14. The van der Waals surface area contributed by atoms with Gasteiger partial charge in [0.2, 0.25) is 0 Å². The van der Waals surface area contributed by atoms with Gasteiger partial charge in [-0.25, -0.2) is 8.42 Å². The lowest BCUT2D eigenvalue weighted by molar-refractivity contribution is 0.210. The van der Waals surface area contributed by atoms with E-state index in [1.165, 1.54) is 12.8 Å². The molecule has 0 aliphatic heterocycles. The molecule has 0 unspecified atom stereocenters. The SMILES string of the molecule is CC(C)CNc1ccc(NS(=O)(=O)c2ccc(OC3CCCC3)cc2)cc1. The first-order valence-corrected chi connectivity index (χ1v) is 11.0. The normalized spacial score (nSPS) is 15.1. The Hall–Kier alpha value is -2.21. The summed E-state index contributed by atoms with van der Waals surface area (Å²) in [6.07, 6.45) is 4.81. The molecule has 0 saturated heterocycles. The molecule has 2 N–H and O–H groups in total. The number of ether oxygens (including phenoxy) is 1. The van der Waals surface area contributed by atoms with Gasteiger partial charge in [-0.15, -0.1) is 0 Å². The monoisotopic (exact) mass is 388 g/mol. The smallest absolute Gasteiger partial charge is 0.261 e. The predicted octanol–water partition coefficient (Wildman–Crippen LogP) is 4.88. The number of hydrogen-bond donors (Lipinski definition) is 2. The Kier molecular flexibility index (Phi) is 6.26. The van der Waals surface area contributed by atoms with Crippen molar-refractivity contribution >= 4 is 21.4 Å². The second kappa shape index (κ2) is 8.65. The Morgan fingerprint density at radius 1 is 0.963 bits per heavy atom. The van der Waals surface area contributed by atoms with E-state index in [2.05, 4.69) is 23.9 Å². The fourth-order valence-corrected chi connectivity index (χ4v) is 4.15. The first kappa shape index (κ1) is 19.5. The van der Waals surface area contributed by atoms with Crippen molar-refractivity contribution in [2.45, 2.75) is 50.5 Å². The molecular formula is C21H28N2O3S. The fraction of sp³-hybridized carbons (Fsp3) is 0.429. The van der Waals surface area contributed by atoms with E-state index in [4.69, 9.17) is 4.74 Å². The summed E-state index contributed by atoms with van der Waals surface area (Å²) in [5, 5.41) is 3.31. The lowest BCUT2D eigenvalue weighted by Crippen LogP contribution is -2.14. The quantitative estimate of drug-likeness (QED) is 0.676. The summed E-state index contributed by atoms with van der Waals surface area (Å²) in [6.45, 7) is 5.15. The van der Waals surface area contributed by atoms with Crippen LogP contribution in [0.2, 0.25) is 0 Å². The minimum Gasteiger partial charge on any atom is -0.490 e. The van der Waals surface area contributed by atoms with Gasteiger partial charge in [0.05, 0.1) is 11.0 Å². The largest absolute Gasteiger partial charge is 0.490 e. The number of anilines is 2. The van der Waals surface area contributed by atoms with Crippen molar-refractivity contribution in [3.05, 3.63) is 48.5 Å². The number of nitrogens with one attached hydrogen (secondary N) is 2. The molecule has 2 aromatic carbocycles. The van der Waals surface area contributed by atoms with E-state index in [1.807, 2.05) is 12.1 Å². The molecule has 1 fully saturated rings. The van der Waals surface area contributed by atoms with Crippen molar-refractivity contribution in [1.29, 1.82) is 0 Å². The van der Waals surface area contributed by atoms with Crippen LogP contribution in [0.15, 0.2) is 53.4 Å². The molecule has 0 radical (unpaired) electrons. The highest BCUT2D eigenvalue weighted by atomic mass is 32.2. The second-order valence-electron chi connectivity index (χ2n) is 7.45. The predicted molar refractivity (Wildman–Crippen MR) is 110 cm³/mol. The van der Waals surface area contributed by atoms with Gasteiger partial charge in [0.15, 0.2) is 0 Å². The van der Waals surface area contributed by atoms with Gasteiger partial charge in [-0.1, -0.05) is 13.8 Å². The first-order chi connectivity index (χ1) is 12.9. The van der Waals surface area contributed by atoms with E-state index in [9.17, 15) is 8.42 Å². The third-order valence-electron chi connectivity index (χ3n) is 4.59. The molecule has 0 aromatic heterocycles. The van der Waals surface area contributed by atoms with Crippen molar-refractivity contribution in [3.63, 3.8) is 0 Å². The van der Waals surface area contributed by atoms with E-state index in [0.717, 1.165) is 30.8 Å². The number of rotatable bonds is 8. The van der Waals surface area contributed by atoms with Gasteiger partial charge in [0, 0.05) is 17.9 Å². The second-order valence-corrected chi connectivity index (χ2v) is 9.14. The highest BCUT2D eigenvalue weighted by molar-refractivity contribution is 7.92. The molecule has 0 bridgehead atoms. The molecule has 0 heterocycles. The Labute approximate surface area is 162 Å². The van der Waals surface area contributed by atoms with Crippen molar-refractivity contribution in [2.24, 2.45) is 5.92 Å². The van der Waals surface area contributed by atoms with Gasteiger partial charge in [-0.05, 0) is 80.1 Å². The number of sulfonamides is 1. The van der Waals surface area contributed by atoms with Gasteiger partial charge in [0.1, 0.15) is 5.75 Å². The zero-order valence-electron chi connectivity index (χ0n) is 15.9. The summed E-state index contributed by atoms with van der Waals surface area (Å²) >= 11 is 0. The Morgan fingerprint density at radius 3 is 2.15 bits per heavy atom. The molecule has 3 rings (SSSR count). The molecule has 1 saturated carbocycles. The summed E-state index contributed by atoms with van der Waals surface area (Å²) in [4.78, 5) is 0.225. The van der Waals surface area contributed by atoms with Crippen molar-refractivity contribution in [3.8, 4) is 5.75 Å². The van der Waals surface area contributed by atoms with Gasteiger partial charge >= 0.3 is 0 Å². The maximum Gasteiger partial charge on any atom is 0.261 e. The molecule has 2 aromatic rings. The molecule has 0 atom stereocenters. The molecule has 0 amide bonds. The number of benzene rings is 2. The third kappa shape index (κ3) is 5.63. The van der Waals surface area contributed by atoms with E-state index < -0.39 is 10.0 Å². The van der Waals surface area contributed by atoms with E-state index in [-0.39, 0.29) is 11.0 Å². The van der Waals surface area contributed by atoms with E-state index in [0.29, 0.717) is 11.6 Å². The minimum atomic E-state index is -3.62. The third-order valence-corrected chi connectivity index (χ3v) is 5.99.